The van der Waals surface area contributed by atoms with E-state index in [1.807, 2.05) is 17.0 Å². The molecular formula is C22H27ClN4O4. The lowest BCUT2D eigenvalue weighted by Crippen LogP contribution is -2.52. The molecule has 0 radical (unpaired) electrons. The predicted octanol–water partition coefficient (Wildman–Crippen LogP) is 2.61. The van der Waals surface area contributed by atoms with Gasteiger partial charge in [0.15, 0.2) is 0 Å². The van der Waals surface area contributed by atoms with Crippen LogP contribution in [0.4, 0.5) is 0 Å². The summed E-state index contributed by atoms with van der Waals surface area (Å²) in [6.07, 6.45) is 3.49. The molecule has 1 atom stereocenters. The van der Waals surface area contributed by atoms with Crippen LogP contribution >= 0.6 is 11.6 Å². The summed E-state index contributed by atoms with van der Waals surface area (Å²) >= 11 is 6.09. The maximum Gasteiger partial charge on any atom is 0.271 e. The summed E-state index contributed by atoms with van der Waals surface area (Å²) in [4.78, 5) is 29.7. The third-order valence-corrected chi connectivity index (χ3v) is 6.15. The van der Waals surface area contributed by atoms with Crippen LogP contribution in [0.1, 0.15) is 29.8 Å². The molecule has 2 saturated heterocycles. The number of aromatic nitrogens is 2. The summed E-state index contributed by atoms with van der Waals surface area (Å²) in [5.41, 5.74) is -0.0305. The number of halogens is 1. The van der Waals surface area contributed by atoms with E-state index in [0.717, 1.165) is 12.8 Å². The van der Waals surface area contributed by atoms with Gasteiger partial charge in [-0.2, -0.15) is 5.10 Å². The summed E-state index contributed by atoms with van der Waals surface area (Å²) in [7, 11) is 0. The van der Waals surface area contributed by atoms with Crippen molar-refractivity contribution in [1.29, 1.82) is 0 Å². The van der Waals surface area contributed by atoms with Crippen LogP contribution in [0.5, 0.6) is 5.75 Å². The molecule has 2 fully saturated rings. The number of amides is 2. The number of rotatable bonds is 6. The third-order valence-electron chi connectivity index (χ3n) is 5.91. The molecule has 4 rings (SSSR count). The Bertz CT molecular complexity index is 901. The van der Waals surface area contributed by atoms with Crippen molar-refractivity contribution in [3.05, 3.63) is 47.2 Å². The molecule has 1 aromatic heterocycles. The number of nitrogens with one attached hydrogen (secondary N) is 1. The number of H-pyrrole nitrogens is 1. The molecule has 9 heteroatoms. The van der Waals surface area contributed by atoms with Gasteiger partial charge in [-0.1, -0.05) is 17.7 Å². The van der Waals surface area contributed by atoms with Crippen LogP contribution < -0.4 is 4.74 Å². The third kappa shape index (κ3) is 5.37. The van der Waals surface area contributed by atoms with E-state index in [2.05, 4.69) is 10.2 Å². The standard InChI is InChI=1S/C22H27ClN4O4/c23-17-3-1-4-18(13-17)31-16-22(14-20(28)26-9-11-30-12-10-26)6-2-8-27(15-22)21(29)19-5-7-24-25-19/h1,3-5,7,13H,2,6,8-12,14-16H2,(H,24,25)/t22-/m0/s1. The number of piperidine rings is 1. The van der Waals surface area contributed by atoms with Gasteiger partial charge < -0.3 is 19.3 Å². The smallest absolute Gasteiger partial charge is 0.271 e. The highest BCUT2D eigenvalue weighted by atomic mass is 35.5. The summed E-state index contributed by atoms with van der Waals surface area (Å²) in [5, 5.41) is 7.22. The van der Waals surface area contributed by atoms with Crippen LogP contribution in [0.15, 0.2) is 36.5 Å². The van der Waals surface area contributed by atoms with Gasteiger partial charge in [0.1, 0.15) is 11.4 Å². The second-order valence-electron chi connectivity index (χ2n) is 8.22. The summed E-state index contributed by atoms with van der Waals surface area (Å²) in [5.74, 6) is 0.625. The Labute approximate surface area is 186 Å². The van der Waals surface area contributed by atoms with Gasteiger partial charge in [-0.15, -0.1) is 0 Å². The van der Waals surface area contributed by atoms with Gasteiger partial charge in [-0.3, -0.25) is 14.7 Å². The van der Waals surface area contributed by atoms with Gasteiger partial charge in [0.25, 0.3) is 5.91 Å². The Morgan fingerprint density at radius 2 is 2.03 bits per heavy atom. The van der Waals surface area contributed by atoms with Crippen molar-refractivity contribution >= 4 is 23.4 Å². The molecule has 8 nitrogen and oxygen atoms in total. The first-order valence-corrected chi connectivity index (χ1v) is 11.0. The van der Waals surface area contributed by atoms with Gasteiger partial charge in [-0.25, -0.2) is 0 Å². The fourth-order valence-electron chi connectivity index (χ4n) is 4.28. The quantitative estimate of drug-likeness (QED) is 0.737. The fourth-order valence-corrected chi connectivity index (χ4v) is 4.46. The Kier molecular flexibility index (Phi) is 6.77. The highest BCUT2D eigenvalue weighted by Gasteiger charge is 2.41. The molecule has 0 spiro atoms. The van der Waals surface area contributed by atoms with E-state index in [0.29, 0.717) is 68.9 Å². The molecule has 0 unspecified atom stereocenters. The largest absolute Gasteiger partial charge is 0.493 e. The van der Waals surface area contributed by atoms with Crippen molar-refractivity contribution in [2.24, 2.45) is 5.41 Å². The van der Waals surface area contributed by atoms with Crippen LogP contribution in [0.3, 0.4) is 0 Å². The van der Waals surface area contributed by atoms with E-state index in [9.17, 15) is 9.59 Å². The predicted molar refractivity (Wildman–Crippen MR) is 115 cm³/mol. The number of aromatic amines is 1. The number of carbonyl (C=O) groups excluding carboxylic acids is 2. The number of likely N-dealkylation sites (tertiary alicyclic amines) is 1. The molecule has 2 amide bonds. The second kappa shape index (κ2) is 9.70. The first-order valence-electron chi connectivity index (χ1n) is 10.6. The minimum atomic E-state index is -0.481. The van der Waals surface area contributed by atoms with Crippen molar-refractivity contribution in [3.63, 3.8) is 0 Å². The van der Waals surface area contributed by atoms with Gasteiger partial charge in [0.2, 0.25) is 5.91 Å². The van der Waals surface area contributed by atoms with Crippen molar-refractivity contribution in [2.75, 3.05) is 46.0 Å². The molecule has 0 saturated carbocycles. The topological polar surface area (TPSA) is 87.8 Å². The maximum absolute atomic E-state index is 13.1. The average Bonchev–Trinajstić information content (AvgIpc) is 3.33. The SMILES string of the molecule is O=C(C[C@@]1(COc2cccc(Cl)c2)CCCN(C(=O)c2ccn[nH]2)C1)N1CCOCC1. The number of ether oxygens (including phenoxy) is 2. The monoisotopic (exact) mass is 446 g/mol. The lowest BCUT2D eigenvalue weighted by atomic mass is 9.77. The van der Waals surface area contributed by atoms with Gasteiger partial charge in [0.05, 0.1) is 19.8 Å². The van der Waals surface area contributed by atoms with Gasteiger partial charge in [0, 0.05) is 49.2 Å². The highest BCUT2D eigenvalue weighted by molar-refractivity contribution is 6.30. The number of hydrogen-bond donors (Lipinski definition) is 1. The highest BCUT2D eigenvalue weighted by Crippen LogP contribution is 2.36. The van der Waals surface area contributed by atoms with E-state index in [1.165, 1.54) is 0 Å². The van der Waals surface area contributed by atoms with Crippen molar-refractivity contribution in [1.82, 2.24) is 20.0 Å². The molecular weight excluding hydrogens is 420 g/mol. The molecule has 2 aliphatic rings. The zero-order chi connectivity index (χ0) is 21.7. The van der Waals surface area contributed by atoms with Crippen LogP contribution in [-0.4, -0.2) is 77.8 Å². The Balaban J connectivity index is 1.52. The number of nitrogens with zero attached hydrogens (tertiary/aromatic N) is 3. The summed E-state index contributed by atoms with van der Waals surface area (Å²) in [6.45, 7) is 3.73. The number of carbonyl (C=O) groups is 2. The average molecular weight is 447 g/mol. The molecule has 2 aliphatic heterocycles. The van der Waals surface area contributed by atoms with Crippen molar-refractivity contribution in [3.8, 4) is 5.75 Å². The van der Waals surface area contributed by atoms with E-state index in [-0.39, 0.29) is 11.8 Å². The number of hydrogen-bond acceptors (Lipinski definition) is 5. The minimum Gasteiger partial charge on any atom is -0.493 e. The minimum absolute atomic E-state index is 0.0776. The van der Waals surface area contributed by atoms with E-state index < -0.39 is 5.41 Å². The Morgan fingerprint density at radius 1 is 1.19 bits per heavy atom. The summed E-state index contributed by atoms with van der Waals surface area (Å²) < 4.78 is 11.5. The molecule has 1 aromatic carbocycles. The molecule has 3 heterocycles. The fraction of sp³-hybridized carbons (Fsp3) is 0.500. The van der Waals surface area contributed by atoms with Crippen LogP contribution in [0, 0.1) is 5.41 Å². The first-order chi connectivity index (χ1) is 15.0. The lowest BCUT2D eigenvalue weighted by Gasteiger charge is -2.43. The van der Waals surface area contributed by atoms with Crippen LogP contribution in [-0.2, 0) is 9.53 Å². The Morgan fingerprint density at radius 3 is 2.77 bits per heavy atom. The molecule has 0 aliphatic carbocycles. The molecule has 2 aromatic rings. The van der Waals surface area contributed by atoms with Crippen molar-refractivity contribution in [2.45, 2.75) is 19.3 Å². The molecule has 166 valence electrons. The molecule has 1 N–H and O–H groups in total. The maximum atomic E-state index is 13.1. The molecule has 0 bridgehead atoms. The number of morpholine rings is 1. The van der Waals surface area contributed by atoms with E-state index in [4.69, 9.17) is 21.1 Å². The van der Waals surface area contributed by atoms with Crippen molar-refractivity contribution < 1.29 is 19.1 Å². The zero-order valence-corrected chi connectivity index (χ0v) is 18.1. The zero-order valence-electron chi connectivity index (χ0n) is 17.4. The van der Waals surface area contributed by atoms with Crippen LogP contribution in [0.2, 0.25) is 5.02 Å². The summed E-state index contributed by atoms with van der Waals surface area (Å²) in [6, 6.07) is 8.89. The van der Waals surface area contributed by atoms with Crippen LogP contribution in [0.25, 0.3) is 0 Å². The Hall–Kier alpha value is -2.58. The van der Waals surface area contributed by atoms with E-state index >= 15 is 0 Å². The van der Waals surface area contributed by atoms with E-state index in [1.54, 1.807) is 29.3 Å². The number of benzene rings is 1. The molecule has 31 heavy (non-hydrogen) atoms. The second-order valence-corrected chi connectivity index (χ2v) is 8.65. The van der Waals surface area contributed by atoms with Gasteiger partial charge >= 0.3 is 0 Å². The first kappa shape index (κ1) is 21.6. The van der Waals surface area contributed by atoms with Gasteiger partial charge in [-0.05, 0) is 37.1 Å². The lowest BCUT2D eigenvalue weighted by molar-refractivity contribution is -0.139. The normalized spacial score (nSPS) is 21.7.